The standard InChI is InChI=1S/C19H17F3N2O2S/c1-2-16(25)23-14-5-3-4-12(10-14)18-24(17(26)11-27-18)15-8-6-13(7-9-15)19(20,21)22/h3-10,18H,2,11H2,1H3,(H,23,25)/t18-/m1/s1. The van der Waals surface area contributed by atoms with E-state index in [1.54, 1.807) is 25.1 Å². The van der Waals surface area contributed by atoms with E-state index in [1.807, 2.05) is 6.07 Å². The zero-order valence-corrected chi connectivity index (χ0v) is 15.2. The summed E-state index contributed by atoms with van der Waals surface area (Å²) in [5.41, 5.74) is 1.06. The maximum atomic E-state index is 12.8. The van der Waals surface area contributed by atoms with E-state index in [0.29, 0.717) is 17.8 Å². The van der Waals surface area contributed by atoms with Crippen molar-refractivity contribution >= 4 is 35.0 Å². The van der Waals surface area contributed by atoms with Gasteiger partial charge >= 0.3 is 6.18 Å². The summed E-state index contributed by atoms with van der Waals surface area (Å²) >= 11 is 1.39. The highest BCUT2D eigenvalue weighted by Gasteiger charge is 2.35. The van der Waals surface area contributed by atoms with Crippen LogP contribution in [0.2, 0.25) is 0 Å². The Labute approximate surface area is 158 Å². The van der Waals surface area contributed by atoms with Crippen molar-refractivity contribution in [2.24, 2.45) is 0 Å². The van der Waals surface area contributed by atoms with Crippen LogP contribution in [0.15, 0.2) is 48.5 Å². The number of amides is 2. The number of nitrogens with one attached hydrogen (secondary N) is 1. The first-order valence-corrected chi connectivity index (χ1v) is 9.35. The predicted octanol–water partition coefficient (Wildman–Crippen LogP) is 4.83. The van der Waals surface area contributed by atoms with Gasteiger partial charge in [0.1, 0.15) is 5.37 Å². The number of benzene rings is 2. The minimum Gasteiger partial charge on any atom is -0.326 e. The van der Waals surface area contributed by atoms with Gasteiger partial charge in [-0.1, -0.05) is 19.1 Å². The highest BCUT2D eigenvalue weighted by Crippen LogP contribution is 2.42. The van der Waals surface area contributed by atoms with Crippen LogP contribution in [-0.2, 0) is 15.8 Å². The first kappa shape index (κ1) is 19.3. The average molecular weight is 394 g/mol. The van der Waals surface area contributed by atoms with Crippen molar-refractivity contribution in [1.82, 2.24) is 0 Å². The van der Waals surface area contributed by atoms with E-state index in [0.717, 1.165) is 17.7 Å². The fourth-order valence-electron chi connectivity index (χ4n) is 2.78. The lowest BCUT2D eigenvalue weighted by Crippen LogP contribution is -2.28. The lowest BCUT2D eigenvalue weighted by Gasteiger charge is -2.25. The fraction of sp³-hybridized carbons (Fsp3) is 0.263. The molecule has 3 rings (SSSR count). The highest BCUT2D eigenvalue weighted by molar-refractivity contribution is 8.00. The second kappa shape index (κ2) is 7.64. The van der Waals surface area contributed by atoms with Crippen molar-refractivity contribution in [3.05, 3.63) is 59.7 Å². The second-order valence-corrected chi connectivity index (χ2v) is 7.07. The molecular formula is C19H17F3N2O2S. The zero-order valence-electron chi connectivity index (χ0n) is 14.4. The van der Waals surface area contributed by atoms with Gasteiger partial charge in [-0.3, -0.25) is 14.5 Å². The molecule has 8 heteroatoms. The van der Waals surface area contributed by atoms with Crippen molar-refractivity contribution < 1.29 is 22.8 Å². The normalized spacial score (nSPS) is 17.3. The molecule has 1 heterocycles. The third-order valence-corrected chi connectivity index (χ3v) is 5.33. The Morgan fingerprint density at radius 2 is 1.93 bits per heavy atom. The third kappa shape index (κ3) is 4.27. The van der Waals surface area contributed by atoms with Gasteiger partial charge in [-0.05, 0) is 42.0 Å². The summed E-state index contributed by atoms with van der Waals surface area (Å²) in [7, 11) is 0. The summed E-state index contributed by atoms with van der Waals surface area (Å²) in [6.07, 6.45) is -4.08. The van der Waals surface area contributed by atoms with E-state index in [2.05, 4.69) is 5.32 Å². The molecule has 1 aliphatic rings. The molecule has 1 fully saturated rings. The quantitative estimate of drug-likeness (QED) is 0.808. The predicted molar refractivity (Wildman–Crippen MR) is 99.5 cm³/mol. The third-order valence-electron chi connectivity index (χ3n) is 4.12. The second-order valence-electron chi connectivity index (χ2n) is 6.00. The minimum absolute atomic E-state index is 0.123. The van der Waals surface area contributed by atoms with E-state index >= 15 is 0 Å². The van der Waals surface area contributed by atoms with Crippen LogP contribution in [0.3, 0.4) is 0 Å². The molecule has 0 radical (unpaired) electrons. The van der Waals surface area contributed by atoms with Crippen LogP contribution in [0.5, 0.6) is 0 Å². The molecule has 2 aromatic carbocycles. The Hall–Kier alpha value is -2.48. The molecular weight excluding hydrogens is 377 g/mol. The Morgan fingerprint density at radius 3 is 2.56 bits per heavy atom. The molecule has 1 N–H and O–H groups in total. The lowest BCUT2D eigenvalue weighted by atomic mass is 10.1. The fourth-order valence-corrected chi connectivity index (χ4v) is 3.95. The number of nitrogens with zero attached hydrogens (tertiary/aromatic N) is 1. The van der Waals surface area contributed by atoms with Gasteiger partial charge < -0.3 is 5.32 Å². The molecule has 0 spiro atoms. The minimum atomic E-state index is -4.42. The zero-order chi connectivity index (χ0) is 19.6. The van der Waals surface area contributed by atoms with Crippen LogP contribution in [0.4, 0.5) is 24.5 Å². The van der Waals surface area contributed by atoms with Crippen LogP contribution in [-0.4, -0.2) is 17.6 Å². The molecule has 1 atom stereocenters. The Kier molecular flexibility index (Phi) is 5.46. The van der Waals surface area contributed by atoms with Gasteiger partial charge in [-0.25, -0.2) is 0 Å². The van der Waals surface area contributed by atoms with Crippen LogP contribution in [0, 0.1) is 0 Å². The van der Waals surface area contributed by atoms with Gasteiger partial charge in [0.05, 0.1) is 11.3 Å². The lowest BCUT2D eigenvalue weighted by molar-refractivity contribution is -0.137. The molecule has 0 aromatic heterocycles. The Bertz CT molecular complexity index is 853. The van der Waals surface area contributed by atoms with Crippen LogP contribution < -0.4 is 10.2 Å². The maximum Gasteiger partial charge on any atom is 0.416 e. The van der Waals surface area contributed by atoms with Gasteiger partial charge in [0.15, 0.2) is 0 Å². The molecule has 0 aliphatic carbocycles. The van der Waals surface area contributed by atoms with E-state index in [4.69, 9.17) is 0 Å². The van der Waals surface area contributed by atoms with Crippen molar-refractivity contribution in [2.45, 2.75) is 24.9 Å². The first-order valence-electron chi connectivity index (χ1n) is 8.30. The molecule has 0 bridgehead atoms. The highest BCUT2D eigenvalue weighted by atomic mass is 32.2. The molecule has 1 saturated heterocycles. The molecule has 1 aliphatic heterocycles. The Balaban J connectivity index is 1.89. The van der Waals surface area contributed by atoms with Gasteiger partial charge in [0, 0.05) is 17.8 Å². The summed E-state index contributed by atoms with van der Waals surface area (Å²) in [4.78, 5) is 25.4. The van der Waals surface area contributed by atoms with Crippen LogP contribution >= 0.6 is 11.8 Å². The Morgan fingerprint density at radius 1 is 1.22 bits per heavy atom. The molecule has 4 nitrogen and oxygen atoms in total. The van der Waals surface area contributed by atoms with Crippen LogP contribution in [0.1, 0.15) is 29.8 Å². The van der Waals surface area contributed by atoms with E-state index < -0.39 is 11.7 Å². The molecule has 0 saturated carbocycles. The summed E-state index contributed by atoms with van der Waals surface area (Å²) in [5, 5.41) is 2.40. The number of carbonyl (C=O) groups excluding carboxylic acids is 2. The number of rotatable bonds is 4. The monoisotopic (exact) mass is 394 g/mol. The summed E-state index contributed by atoms with van der Waals surface area (Å²) in [6, 6.07) is 11.7. The smallest absolute Gasteiger partial charge is 0.326 e. The van der Waals surface area contributed by atoms with Crippen molar-refractivity contribution in [3.8, 4) is 0 Å². The molecule has 0 unspecified atom stereocenters. The van der Waals surface area contributed by atoms with Crippen molar-refractivity contribution in [1.29, 1.82) is 0 Å². The largest absolute Gasteiger partial charge is 0.416 e. The maximum absolute atomic E-state index is 12.8. The molecule has 2 amide bonds. The number of halogens is 3. The molecule has 2 aromatic rings. The molecule has 142 valence electrons. The van der Waals surface area contributed by atoms with Crippen LogP contribution in [0.25, 0.3) is 0 Å². The number of anilines is 2. The SMILES string of the molecule is CCC(=O)Nc1cccc([C@H]2SCC(=O)N2c2ccc(C(F)(F)F)cc2)c1. The number of alkyl halides is 3. The topological polar surface area (TPSA) is 49.4 Å². The summed E-state index contributed by atoms with van der Waals surface area (Å²) < 4.78 is 38.3. The van der Waals surface area contributed by atoms with Crippen molar-refractivity contribution in [3.63, 3.8) is 0 Å². The van der Waals surface area contributed by atoms with Gasteiger partial charge in [-0.2, -0.15) is 13.2 Å². The van der Waals surface area contributed by atoms with Gasteiger partial charge in [0.25, 0.3) is 0 Å². The van der Waals surface area contributed by atoms with Crippen molar-refractivity contribution in [2.75, 3.05) is 16.0 Å². The number of carbonyl (C=O) groups is 2. The number of thioether (sulfide) groups is 1. The number of hydrogen-bond donors (Lipinski definition) is 1. The number of hydrogen-bond acceptors (Lipinski definition) is 3. The first-order chi connectivity index (χ1) is 12.8. The molecule has 27 heavy (non-hydrogen) atoms. The van der Waals surface area contributed by atoms with E-state index in [9.17, 15) is 22.8 Å². The van der Waals surface area contributed by atoms with Gasteiger partial charge in [-0.15, -0.1) is 11.8 Å². The van der Waals surface area contributed by atoms with E-state index in [-0.39, 0.29) is 22.9 Å². The summed E-state index contributed by atoms with van der Waals surface area (Å²) in [6.45, 7) is 1.75. The summed E-state index contributed by atoms with van der Waals surface area (Å²) in [5.74, 6) is -0.0632. The van der Waals surface area contributed by atoms with E-state index in [1.165, 1.54) is 28.8 Å². The van der Waals surface area contributed by atoms with Gasteiger partial charge in [0.2, 0.25) is 11.8 Å². The average Bonchev–Trinajstić information content (AvgIpc) is 3.02.